The Labute approximate surface area is 117 Å². The van der Waals surface area contributed by atoms with Crippen LogP contribution in [0.25, 0.3) is 0 Å². The molecule has 0 saturated heterocycles. The monoisotopic (exact) mass is 266 g/mol. The van der Waals surface area contributed by atoms with Crippen molar-refractivity contribution >= 4 is 12.6 Å². The maximum atomic E-state index is 5.93. The summed E-state index contributed by atoms with van der Waals surface area (Å²) in [5.41, 5.74) is 1.51. The Morgan fingerprint density at radius 1 is 1.06 bits per heavy atom. The SMILES string of the molecule is CCCC(CS)(CCC)COCc1ccccc1. The third-order valence-corrected chi connectivity index (χ3v) is 4.09. The highest BCUT2D eigenvalue weighted by Gasteiger charge is 2.27. The van der Waals surface area contributed by atoms with E-state index in [4.69, 9.17) is 4.74 Å². The van der Waals surface area contributed by atoms with E-state index >= 15 is 0 Å². The Hall–Kier alpha value is -0.470. The summed E-state index contributed by atoms with van der Waals surface area (Å²) in [6, 6.07) is 10.4. The smallest absolute Gasteiger partial charge is 0.0717 e. The van der Waals surface area contributed by atoms with Crippen LogP contribution < -0.4 is 0 Å². The predicted octanol–water partition coefficient (Wildman–Crippen LogP) is 4.72. The lowest BCUT2D eigenvalue weighted by molar-refractivity contribution is 0.0350. The number of rotatable bonds is 9. The number of hydrogen-bond donors (Lipinski definition) is 1. The molecule has 1 aromatic rings. The number of ether oxygens (including phenoxy) is 1. The third kappa shape index (κ3) is 5.03. The van der Waals surface area contributed by atoms with Gasteiger partial charge in [0.05, 0.1) is 13.2 Å². The molecule has 0 aromatic heterocycles. The molecule has 0 aliphatic rings. The Kier molecular flexibility index (Phi) is 7.45. The van der Waals surface area contributed by atoms with Crippen LogP contribution in [-0.2, 0) is 11.3 Å². The molecule has 2 heteroatoms. The highest BCUT2D eigenvalue weighted by molar-refractivity contribution is 7.80. The van der Waals surface area contributed by atoms with E-state index in [-0.39, 0.29) is 5.41 Å². The summed E-state index contributed by atoms with van der Waals surface area (Å²) in [5.74, 6) is 0.920. The molecule has 0 aliphatic heterocycles. The summed E-state index contributed by atoms with van der Waals surface area (Å²) in [6.07, 6.45) is 4.82. The molecule has 18 heavy (non-hydrogen) atoms. The van der Waals surface area contributed by atoms with Gasteiger partial charge in [0.1, 0.15) is 0 Å². The van der Waals surface area contributed by atoms with Crippen molar-refractivity contribution in [2.45, 2.75) is 46.1 Å². The molecule has 0 spiro atoms. The fourth-order valence-electron chi connectivity index (χ4n) is 2.49. The Bertz CT molecular complexity index is 304. The zero-order chi connectivity index (χ0) is 13.3. The standard InChI is InChI=1S/C16H26OS/c1-3-10-16(14-18,11-4-2)13-17-12-15-8-6-5-7-9-15/h5-9,18H,3-4,10-14H2,1-2H3. The first-order valence-corrected chi connectivity index (χ1v) is 7.62. The van der Waals surface area contributed by atoms with Crippen LogP contribution in [0.1, 0.15) is 45.1 Å². The molecular formula is C16H26OS. The molecule has 1 rings (SSSR count). The molecule has 0 radical (unpaired) electrons. The van der Waals surface area contributed by atoms with Crippen molar-refractivity contribution < 1.29 is 4.74 Å². The van der Waals surface area contributed by atoms with Crippen molar-refractivity contribution in [2.75, 3.05) is 12.4 Å². The Morgan fingerprint density at radius 2 is 1.67 bits per heavy atom. The number of benzene rings is 1. The highest BCUT2D eigenvalue weighted by Crippen LogP contribution is 2.31. The van der Waals surface area contributed by atoms with Crippen LogP contribution in [0, 0.1) is 5.41 Å². The summed E-state index contributed by atoms with van der Waals surface area (Å²) in [7, 11) is 0. The van der Waals surface area contributed by atoms with Gasteiger partial charge in [-0.25, -0.2) is 0 Å². The van der Waals surface area contributed by atoms with Gasteiger partial charge in [0, 0.05) is 5.41 Å². The lowest BCUT2D eigenvalue weighted by Crippen LogP contribution is -2.29. The summed E-state index contributed by atoms with van der Waals surface area (Å²) in [6.45, 7) is 6.02. The van der Waals surface area contributed by atoms with Gasteiger partial charge in [-0.1, -0.05) is 57.0 Å². The van der Waals surface area contributed by atoms with E-state index in [0.717, 1.165) is 12.4 Å². The van der Waals surface area contributed by atoms with Gasteiger partial charge >= 0.3 is 0 Å². The molecule has 0 saturated carbocycles. The maximum absolute atomic E-state index is 5.93. The van der Waals surface area contributed by atoms with Crippen LogP contribution in [0.5, 0.6) is 0 Å². The third-order valence-electron chi connectivity index (χ3n) is 3.42. The summed E-state index contributed by atoms with van der Waals surface area (Å²) in [4.78, 5) is 0. The second-order valence-corrected chi connectivity index (χ2v) is 5.45. The molecule has 0 N–H and O–H groups in total. The summed E-state index contributed by atoms with van der Waals surface area (Å²) < 4.78 is 5.93. The van der Waals surface area contributed by atoms with Crippen molar-refractivity contribution in [1.29, 1.82) is 0 Å². The minimum atomic E-state index is 0.265. The zero-order valence-corrected chi connectivity index (χ0v) is 12.6. The molecule has 0 bridgehead atoms. The van der Waals surface area contributed by atoms with E-state index in [9.17, 15) is 0 Å². The van der Waals surface area contributed by atoms with E-state index in [1.54, 1.807) is 0 Å². The first kappa shape index (κ1) is 15.6. The first-order valence-electron chi connectivity index (χ1n) is 6.99. The summed E-state index contributed by atoms with van der Waals surface area (Å²) >= 11 is 4.55. The average Bonchev–Trinajstić information content (AvgIpc) is 2.40. The van der Waals surface area contributed by atoms with Crippen molar-refractivity contribution in [1.82, 2.24) is 0 Å². The highest BCUT2D eigenvalue weighted by atomic mass is 32.1. The van der Waals surface area contributed by atoms with Crippen LogP contribution in [-0.4, -0.2) is 12.4 Å². The van der Waals surface area contributed by atoms with Crippen LogP contribution in [0.3, 0.4) is 0 Å². The van der Waals surface area contributed by atoms with Gasteiger partial charge in [-0.3, -0.25) is 0 Å². The van der Waals surface area contributed by atoms with Crippen molar-refractivity contribution in [3.05, 3.63) is 35.9 Å². The van der Waals surface area contributed by atoms with E-state index < -0.39 is 0 Å². The van der Waals surface area contributed by atoms with Crippen LogP contribution in [0.15, 0.2) is 30.3 Å². The average molecular weight is 266 g/mol. The molecule has 0 unspecified atom stereocenters. The van der Waals surface area contributed by atoms with Crippen LogP contribution in [0.4, 0.5) is 0 Å². The topological polar surface area (TPSA) is 9.23 Å². The molecule has 102 valence electrons. The Morgan fingerprint density at radius 3 is 2.17 bits per heavy atom. The minimum Gasteiger partial charge on any atom is -0.376 e. The number of thiol groups is 1. The molecule has 0 heterocycles. The second kappa shape index (κ2) is 8.60. The van der Waals surface area contributed by atoms with Gasteiger partial charge in [0.25, 0.3) is 0 Å². The quantitative estimate of drug-likeness (QED) is 0.636. The van der Waals surface area contributed by atoms with E-state index in [1.165, 1.54) is 31.2 Å². The minimum absolute atomic E-state index is 0.265. The van der Waals surface area contributed by atoms with Crippen molar-refractivity contribution in [3.63, 3.8) is 0 Å². The number of hydrogen-bond acceptors (Lipinski definition) is 2. The fraction of sp³-hybridized carbons (Fsp3) is 0.625. The van der Waals surface area contributed by atoms with E-state index in [0.29, 0.717) is 6.61 Å². The largest absolute Gasteiger partial charge is 0.376 e. The van der Waals surface area contributed by atoms with Gasteiger partial charge in [-0.2, -0.15) is 12.6 Å². The van der Waals surface area contributed by atoms with Crippen molar-refractivity contribution in [2.24, 2.45) is 5.41 Å². The summed E-state index contributed by atoms with van der Waals surface area (Å²) in [5, 5.41) is 0. The lowest BCUT2D eigenvalue weighted by atomic mass is 9.82. The van der Waals surface area contributed by atoms with Crippen LogP contribution >= 0.6 is 12.6 Å². The fourth-order valence-corrected chi connectivity index (χ4v) is 2.90. The molecule has 1 nitrogen and oxygen atoms in total. The first-order chi connectivity index (χ1) is 8.76. The van der Waals surface area contributed by atoms with Gasteiger partial charge in [0.15, 0.2) is 0 Å². The molecule has 0 fully saturated rings. The van der Waals surface area contributed by atoms with Crippen molar-refractivity contribution in [3.8, 4) is 0 Å². The maximum Gasteiger partial charge on any atom is 0.0717 e. The van der Waals surface area contributed by atoms with E-state index in [2.05, 4.69) is 50.7 Å². The zero-order valence-electron chi connectivity index (χ0n) is 11.7. The predicted molar refractivity (Wildman–Crippen MR) is 82.2 cm³/mol. The molecule has 0 aliphatic carbocycles. The van der Waals surface area contributed by atoms with Crippen LogP contribution in [0.2, 0.25) is 0 Å². The normalized spacial score (nSPS) is 11.7. The Balaban J connectivity index is 2.46. The van der Waals surface area contributed by atoms with Gasteiger partial charge in [-0.15, -0.1) is 0 Å². The molecule has 0 amide bonds. The second-order valence-electron chi connectivity index (χ2n) is 5.14. The van der Waals surface area contributed by atoms with Gasteiger partial charge < -0.3 is 4.74 Å². The van der Waals surface area contributed by atoms with Gasteiger partial charge in [0.2, 0.25) is 0 Å². The molecular weight excluding hydrogens is 240 g/mol. The molecule has 1 aromatic carbocycles. The molecule has 0 atom stereocenters. The lowest BCUT2D eigenvalue weighted by Gasteiger charge is -2.31. The van der Waals surface area contributed by atoms with E-state index in [1.807, 2.05) is 6.07 Å². The van der Waals surface area contributed by atoms with Gasteiger partial charge in [-0.05, 0) is 24.2 Å².